The van der Waals surface area contributed by atoms with E-state index in [0.717, 1.165) is 10.5 Å². The molecule has 1 amide bonds. The Bertz CT molecular complexity index is 1190. The van der Waals surface area contributed by atoms with Gasteiger partial charge in [-0.1, -0.05) is 59.7 Å². The summed E-state index contributed by atoms with van der Waals surface area (Å²) in [5.41, 5.74) is 2.29. The molecular weight excluding hydrogens is 398 g/mol. The standard InChI is InChI=1S/C23H17N3O3S/c1-30-19-10-6-5-9-18(19)22-25-26-23(29-22)24-21(28)17-13-11-16(12-14-17)20(27)15-7-3-2-4-8-15/h2-14H,1H3,(H,24,26,28). The van der Waals surface area contributed by atoms with Crippen molar-refractivity contribution in [1.82, 2.24) is 10.2 Å². The predicted octanol–water partition coefficient (Wildman–Crippen LogP) is 4.94. The average Bonchev–Trinajstić information content (AvgIpc) is 3.27. The minimum Gasteiger partial charge on any atom is -0.403 e. The van der Waals surface area contributed by atoms with E-state index in [4.69, 9.17) is 4.42 Å². The van der Waals surface area contributed by atoms with Gasteiger partial charge in [-0.2, -0.15) is 0 Å². The Balaban J connectivity index is 1.47. The molecular formula is C23H17N3O3S. The number of anilines is 1. The number of carbonyl (C=O) groups is 2. The summed E-state index contributed by atoms with van der Waals surface area (Å²) < 4.78 is 5.60. The van der Waals surface area contributed by atoms with Crippen LogP contribution in [-0.2, 0) is 0 Å². The summed E-state index contributed by atoms with van der Waals surface area (Å²) >= 11 is 1.57. The largest absolute Gasteiger partial charge is 0.403 e. The molecule has 148 valence electrons. The lowest BCUT2D eigenvalue weighted by atomic mass is 10.0. The van der Waals surface area contributed by atoms with Crippen LogP contribution in [0, 0.1) is 0 Å². The molecule has 1 aromatic heterocycles. The highest BCUT2D eigenvalue weighted by Gasteiger charge is 2.15. The van der Waals surface area contributed by atoms with E-state index in [1.807, 2.05) is 48.7 Å². The van der Waals surface area contributed by atoms with Gasteiger partial charge in [-0.15, -0.1) is 16.9 Å². The molecule has 0 bridgehead atoms. The molecule has 0 unspecified atom stereocenters. The van der Waals surface area contributed by atoms with Gasteiger partial charge in [-0.25, -0.2) is 0 Å². The third-order valence-electron chi connectivity index (χ3n) is 4.43. The van der Waals surface area contributed by atoms with E-state index in [1.54, 1.807) is 48.2 Å². The minimum atomic E-state index is -0.401. The van der Waals surface area contributed by atoms with E-state index in [-0.39, 0.29) is 11.8 Å². The molecule has 3 aromatic carbocycles. The fourth-order valence-corrected chi connectivity index (χ4v) is 3.49. The van der Waals surface area contributed by atoms with Crippen LogP contribution in [0.25, 0.3) is 11.5 Å². The summed E-state index contributed by atoms with van der Waals surface area (Å²) in [7, 11) is 0. The summed E-state index contributed by atoms with van der Waals surface area (Å²) in [6.45, 7) is 0. The number of nitrogens with zero attached hydrogens (tertiary/aromatic N) is 2. The molecule has 0 atom stereocenters. The molecule has 0 spiro atoms. The summed E-state index contributed by atoms with van der Waals surface area (Å²) in [4.78, 5) is 26.0. The first-order valence-corrected chi connectivity index (χ1v) is 10.4. The molecule has 4 aromatic rings. The molecule has 0 fully saturated rings. The second kappa shape index (κ2) is 8.75. The number of benzene rings is 3. The SMILES string of the molecule is CSc1ccccc1-c1nnc(NC(=O)c2ccc(C(=O)c3ccccc3)cc2)o1. The van der Waals surface area contributed by atoms with Crippen molar-refractivity contribution >= 4 is 29.5 Å². The monoisotopic (exact) mass is 415 g/mol. The molecule has 7 heteroatoms. The lowest BCUT2D eigenvalue weighted by molar-refractivity contribution is 0.101. The number of thioether (sulfide) groups is 1. The summed E-state index contributed by atoms with van der Waals surface area (Å²) in [6.07, 6.45) is 1.96. The van der Waals surface area contributed by atoms with Crippen molar-refractivity contribution in [1.29, 1.82) is 0 Å². The summed E-state index contributed by atoms with van der Waals surface area (Å²) in [6, 6.07) is 23.1. The Morgan fingerprint density at radius 1 is 0.800 bits per heavy atom. The van der Waals surface area contributed by atoms with Crippen LogP contribution in [0.5, 0.6) is 0 Å². The predicted molar refractivity (Wildman–Crippen MR) is 116 cm³/mol. The maximum absolute atomic E-state index is 12.5. The van der Waals surface area contributed by atoms with Gasteiger partial charge < -0.3 is 4.42 Å². The maximum Gasteiger partial charge on any atom is 0.322 e. The summed E-state index contributed by atoms with van der Waals surface area (Å²) in [5.74, 6) is -0.169. The van der Waals surface area contributed by atoms with Crippen LogP contribution in [-0.4, -0.2) is 28.1 Å². The zero-order chi connectivity index (χ0) is 20.9. The number of ketones is 1. The van der Waals surface area contributed by atoms with E-state index in [0.29, 0.717) is 22.6 Å². The lowest BCUT2D eigenvalue weighted by Crippen LogP contribution is -2.12. The van der Waals surface area contributed by atoms with Gasteiger partial charge in [-0.3, -0.25) is 14.9 Å². The number of carbonyl (C=O) groups excluding carboxylic acids is 2. The Kier molecular flexibility index (Phi) is 5.72. The molecule has 1 heterocycles. The Morgan fingerprint density at radius 2 is 1.43 bits per heavy atom. The molecule has 30 heavy (non-hydrogen) atoms. The maximum atomic E-state index is 12.5. The Labute approximate surface area is 177 Å². The molecule has 4 rings (SSSR count). The average molecular weight is 415 g/mol. The smallest absolute Gasteiger partial charge is 0.322 e. The van der Waals surface area contributed by atoms with Gasteiger partial charge in [0.1, 0.15) is 0 Å². The number of aromatic nitrogens is 2. The highest BCUT2D eigenvalue weighted by atomic mass is 32.2. The molecule has 0 aliphatic carbocycles. The molecule has 0 aliphatic heterocycles. The molecule has 0 saturated carbocycles. The van der Waals surface area contributed by atoms with Crippen LogP contribution in [0.2, 0.25) is 0 Å². The van der Waals surface area contributed by atoms with Crippen molar-refractivity contribution in [3.63, 3.8) is 0 Å². The highest BCUT2D eigenvalue weighted by molar-refractivity contribution is 7.98. The van der Waals surface area contributed by atoms with Crippen LogP contribution in [0.15, 0.2) is 88.2 Å². The fourth-order valence-electron chi connectivity index (χ4n) is 2.90. The van der Waals surface area contributed by atoms with Gasteiger partial charge in [-0.05, 0) is 30.5 Å². The van der Waals surface area contributed by atoms with E-state index >= 15 is 0 Å². The van der Waals surface area contributed by atoms with Gasteiger partial charge in [0.25, 0.3) is 11.8 Å². The van der Waals surface area contributed by atoms with Crippen LogP contribution in [0.4, 0.5) is 6.01 Å². The number of hydrogen-bond donors (Lipinski definition) is 1. The first kappa shape index (κ1) is 19.6. The number of amides is 1. The fraction of sp³-hybridized carbons (Fsp3) is 0.0435. The van der Waals surface area contributed by atoms with Gasteiger partial charge in [0.15, 0.2) is 5.78 Å². The van der Waals surface area contributed by atoms with Crippen LogP contribution >= 0.6 is 11.8 Å². The Hall–Kier alpha value is -3.71. The van der Waals surface area contributed by atoms with Crippen molar-refractivity contribution in [3.8, 4) is 11.5 Å². The third kappa shape index (κ3) is 4.16. The quantitative estimate of drug-likeness (QED) is 0.355. The lowest BCUT2D eigenvalue weighted by Gasteiger charge is -2.04. The van der Waals surface area contributed by atoms with E-state index in [2.05, 4.69) is 15.5 Å². The normalized spacial score (nSPS) is 10.6. The van der Waals surface area contributed by atoms with Crippen molar-refractivity contribution in [2.45, 2.75) is 4.90 Å². The molecule has 0 aliphatic rings. The van der Waals surface area contributed by atoms with Crippen molar-refractivity contribution in [3.05, 3.63) is 95.6 Å². The topological polar surface area (TPSA) is 85.1 Å². The van der Waals surface area contributed by atoms with Crippen LogP contribution in [0.1, 0.15) is 26.3 Å². The zero-order valence-electron chi connectivity index (χ0n) is 16.0. The number of hydrogen-bond acceptors (Lipinski definition) is 6. The number of rotatable bonds is 6. The summed E-state index contributed by atoms with van der Waals surface area (Å²) in [5, 5.41) is 10.5. The van der Waals surface area contributed by atoms with Gasteiger partial charge in [0, 0.05) is 21.6 Å². The Morgan fingerprint density at radius 3 is 2.17 bits per heavy atom. The first-order chi connectivity index (χ1) is 14.7. The van der Waals surface area contributed by atoms with E-state index in [9.17, 15) is 9.59 Å². The second-order valence-corrected chi connectivity index (χ2v) is 7.19. The molecule has 6 nitrogen and oxygen atoms in total. The minimum absolute atomic E-state index is 0.00958. The van der Waals surface area contributed by atoms with Crippen molar-refractivity contribution in [2.24, 2.45) is 0 Å². The molecule has 0 radical (unpaired) electrons. The highest BCUT2D eigenvalue weighted by Crippen LogP contribution is 2.29. The first-order valence-electron chi connectivity index (χ1n) is 9.14. The van der Waals surface area contributed by atoms with Gasteiger partial charge >= 0.3 is 6.01 Å². The molecule has 1 N–H and O–H groups in total. The van der Waals surface area contributed by atoms with Gasteiger partial charge in [0.05, 0.1) is 5.56 Å². The van der Waals surface area contributed by atoms with E-state index in [1.165, 1.54) is 0 Å². The van der Waals surface area contributed by atoms with Crippen LogP contribution in [0.3, 0.4) is 0 Å². The third-order valence-corrected chi connectivity index (χ3v) is 5.22. The zero-order valence-corrected chi connectivity index (χ0v) is 16.8. The van der Waals surface area contributed by atoms with Crippen molar-refractivity contribution < 1.29 is 14.0 Å². The van der Waals surface area contributed by atoms with Crippen molar-refractivity contribution in [2.75, 3.05) is 11.6 Å². The second-order valence-electron chi connectivity index (χ2n) is 6.34. The number of nitrogens with one attached hydrogen (secondary N) is 1. The molecule has 0 saturated heterocycles. The van der Waals surface area contributed by atoms with Gasteiger partial charge in [0.2, 0.25) is 0 Å². The van der Waals surface area contributed by atoms with E-state index < -0.39 is 5.91 Å². The van der Waals surface area contributed by atoms with Crippen LogP contribution < -0.4 is 5.32 Å².